The van der Waals surface area contributed by atoms with Crippen LogP contribution in [-0.4, -0.2) is 9.13 Å². The summed E-state index contributed by atoms with van der Waals surface area (Å²) in [5.74, 6) is 0. The Morgan fingerprint density at radius 1 is 0.259 bits per heavy atom. The topological polar surface area (TPSA) is 36.1 Å². The molecule has 4 aromatic heterocycles. The largest absolute Gasteiger partial charge is 0.452 e. The van der Waals surface area contributed by atoms with Gasteiger partial charge >= 0.3 is 0 Å². The van der Waals surface area contributed by atoms with Crippen LogP contribution in [0.4, 0.5) is 0 Å². The van der Waals surface area contributed by atoms with Crippen LogP contribution in [0.15, 0.2) is 203 Å². The number of para-hydroxylation sites is 3. The number of aromatic nitrogens is 2. The van der Waals surface area contributed by atoms with Crippen molar-refractivity contribution in [3.05, 3.63) is 194 Å². The van der Waals surface area contributed by atoms with Crippen molar-refractivity contribution in [3.8, 4) is 33.6 Å². The molecule has 270 valence electrons. The molecule has 0 saturated carbocycles. The van der Waals surface area contributed by atoms with Gasteiger partial charge in [-0.3, -0.25) is 0 Å². The van der Waals surface area contributed by atoms with Gasteiger partial charge < -0.3 is 18.0 Å². The van der Waals surface area contributed by atoms with Gasteiger partial charge in [-0.1, -0.05) is 109 Å². The normalized spacial score (nSPS) is 12.1. The van der Waals surface area contributed by atoms with E-state index < -0.39 is 0 Å². The van der Waals surface area contributed by atoms with Crippen molar-refractivity contribution in [1.82, 2.24) is 9.13 Å². The molecule has 0 aliphatic rings. The van der Waals surface area contributed by atoms with Crippen LogP contribution in [0.3, 0.4) is 0 Å². The molecule has 0 bridgehead atoms. The molecule has 13 rings (SSSR count). The van der Waals surface area contributed by atoms with E-state index in [1.807, 2.05) is 18.2 Å². The molecule has 9 aromatic carbocycles. The molecule has 58 heavy (non-hydrogen) atoms. The van der Waals surface area contributed by atoms with Gasteiger partial charge in [-0.25, -0.2) is 0 Å². The third-order valence-corrected chi connectivity index (χ3v) is 12.1. The van der Waals surface area contributed by atoms with Crippen LogP contribution in [0.1, 0.15) is 0 Å². The van der Waals surface area contributed by atoms with E-state index >= 15 is 0 Å². The van der Waals surface area contributed by atoms with E-state index in [1.54, 1.807) is 0 Å². The quantitative estimate of drug-likeness (QED) is 0.180. The summed E-state index contributed by atoms with van der Waals surface area (Å²) in [6.07, 6.45) is 0. The Labute approximate surface area is 332 Å². The summed E-state index contributed by atoms with van der Waals surface area (Å²) in [6.45, 7) is 0. The Bertz CT molecular complexity index is 3780. The molecule has 0 atom stereocenters. The van der Waals surface area contributed by atoms with Gasteiger partial charge in [0.15, 0.2) is 11.2 Å². The van der Waals surface area contributed by atoms with Crippen molar-refractivity contribution < 1.29 is 8.83 Å². The van der Waals surface area contributed by atoms with Gasteiger partial charge in [0.2, 0.25) is 0 Å². The second-order valence-corrected chi connectivity index (χ2v) is 15.3. The maximum atomic E-state index is 6.65. The van der Waals surface area contributed by atoms with E-state index in [9.17, 15) is 0 Å². The van der Waals surface area contributed by atoms with Gasteiger partial charge in [-0.15, -0.1) is 0 Å². The SMILES string of the molecule is c1ccc(-c2ccc(-n3c4ccccc4c4cc(-c5ccc6c(c5)c5ccccc5n6-c5ccc6c(c5)oc5c6ccc6c7ccccc7oc65)ccc43)cc2)cc1. The fourth-order valence-electron chi connectivity index (χ4n) is 9.44. The minimum Gasteiger partial charge on any atom is -0.452 e. The second kappa shape index (κ2) is 11.8. The third-order valence-electron chi connectivity index (χ3n) is 12.1. The fourth-order valence-corrected chi connectivity index (χ4v) is 9.44. The molecule has 4 heteroatoms. The first-order chi connectivity index (χ1) is 28.7. The lowest BCUT2D eigenvalue weighted by atomic mass is 10.0. The van der Waals surface area contributed by atoms with Crippen LogP contribution in [0.2, 0.25) is 0 Å². The molecule has 0 N–H and O–H groups in total. The third kappa shape index (κ3) is 4.45. The Kier molecular flexibility index (Phi) is 6.41. The smallest absolute Gasteiger partial charge is 0.178 e. The number of hydrogen-bond donors (Lipinski definition) is 0. The summed E-state index contributed by atoms with van der Waals surface area (Å²) in [5.41, 5.74) is 15.0. The highest BCUT2D eigenvalue weighted by atomic mass is 16.4. The summed E-state index contributed by atoms with van der Waals surface area (Å²) in [7, 11) is 0. The molecule has 0 amide bonds. The predicted molar refractivity (Wildman–Crippen MR) is 241 cm³/mol. The molecule has 0 aliphatic carbocycles. The Morgan fingerprint density at radius 3 is 1.36 bits per heavy atom. The molecule has 4 heterocycles. The zero-order valence-corrected chi connectivity index (χ0v) is 31.2. The van der Waals surface area contributed by atoms with Gasteiger partial charge in [0, 0.05) is 60.5 Å². The first kappa shape index (κ1) is 31.4. The highest BCUT2D eigenvalue weighted by Crippen LogP contribution is 2.42. The molecule has 0 aliphatic heterocycles. The van der Waals surface area contributed by atoms with Gasteiger partial charge in [0.25, 0.3) is 0 Å². The van der Waals surface area contributed by atoms with E-state index in [4.69, 9.17) is 8.83 Å². The van der Waals surface area contributed by atoms with Crippen LogP contribution < -0.4 is 0 Å². The first-order valence-electron chi connectivity index (χ1n) is 19.7. The highest BCUT2D eigenvalue weighted by molar-refractivity contribution is 6.19. The lowest BCUT2D eigenvalue weighted by Crippen LogP contribution is -1.94. The lowest BCUT2D eigenvalue weighted by molar-refractivity contribution is 0.633. The number of nitrogens with zero attached hydrogens (tertiary/aromatic N) is 2. The fraction of sp³-hybridized carbons (Fsp3) is 0. The lowest BCUT2D eigenvalue weighted by Gasteiger charge is -2.10. The average Bonchev–Trinajstić information content (AvgIpc) is 4.04. The summed E-state index contributed by atoms with van der Waals surface area (Å²) in [4.78, 5) is 0. The standard InChI is InChI=1S/C54H32N2O2/c1-2-10-33(11-3-1)34-18-22-37(23-19-34)55-47-15-7-4-12-39(47)45-30-35(20-28-49(45)55)36-21-29-50-46(31-36)40-13-5-8-16-48(40)56(50)38-24-25-42-44-27-26-43-41-14-6-9-17-51(41)57-53(43)54(44)58-52(42)32-38/h1-32H. The van der Waals surface area contributed by atoms with Crippen molar-refractivity contribution in [2.24, 2.45) is 0 Å². The van der Waals surface area contributed by atoms with Crippen molar-refractivity contribution >= 4 is 87.5 Å². The van der Waals surface area contributed by atoms with Crippen LogP contribution >= 0.6 is 0 Å². The summed E-state index contributed by atoms with van der Waals surface area (Å²) >= 11 is 0. The summed E-state index contributed by atoms with van der Waals surface area (Å²) in [5, 5.41) is 9.20. The van der Waals surface area contributed by atoms with Crippen molar-refractivity contribution in [2.75, 3.05) is 0 Å². The minimum atomic E-state index is 0.786. The van der Waals surface area contributed by atoms with Crippen LogP contribution in [-0.2, 0) is 0 Å². The number of fused-ring (bicyclic) bond motifs is 13. The maximum absolute atomic E-state index is 6.65. The Morgan fingerprint density at radius 2 is 0.707 bits per heavy atom. The van der Waals surface area contributed by atoms with Crippen molar-refractivity contribution in [2.45, 2.75) is 0 Å². The molecule has 0 unspecified atom stereocenters. The van der Waals surface area contributed by atoms with E-state index in [0.717, 1.165) is 66.3 Å². The van der Waals surface area contributed by atoms with Gasteiger partial charge in [0.05, 0.1) is 22.1 Å². The summed E-state index contributed by atoms with van der Waals surface area (Å²) in [6, 6.07) is 69.7. The molecule has 0 fully saturated rings. The van der Waals surface area contributed by atoms with Gasteiger partial charge in [0.1, 0.15) is 11.2 Å². The van der Waals surface area contributed by atoms with Crippen LogP contribution in [0.25, 0.3) is 121 Å². The highest BCUT2D eigenvalue weighted by Gasteiger charge is 2.19. The van der Waals surface area contributed by atoms with Crippen molar-refractivity contribution in [3.63, 3.8) is 0 Å². The van der Waals surface area contributed by atoms with Crippen molar-refractivity contribution in [1.29, 1.82) is 0 Å². The van der Waals surface area contributed by atoms with Gasteiger partial charge in [-0.05, 0) is 101 Å². The van der Waals surface area contributed by atoms with E-state index in [-0.39, 0.29) is 0 Å². The van der Waals surface area contributed by atoms with Gasteiger partial charge in [-0.2, -0.15) is 0 Å². The van der Waals surface area contributed by atoms with Crippen LogP contribution in [0.5, 0.6) is 0 Å². The van der Waals surface area contributed by atoms with E-state index in [0.29, 0.717) is 0 Å². The maximum Gasteiger partial charge on any atom is 0.178 e. The summed E-state index contributed by atoms with van der Waals surface area (Å²) < 4.78 is 17.7. The average molecular weight is 741 g/mol. The Balaban J connectivity index is 0.937. The molecule has 0 spiro atoms. The number of furan rings is 2. The zero-order chi connectivity index (χ0) is 37.9. The molecular formula is C54H32N2O2. The molecule has 0 saturated heterocycles. The van der Waals surface area contributed by atoms with Crippen LogP contribution in [0, 0.1) is 0 Å². The van der Waals surface area contributed by atoms with E-state index in [1.165, 1.54) is 54.8 Å². The number of rotatable bonds is 4. The number of benzene rings is 9. The molecule has 0 radical (unpaired) electrons. The minimum absolute atomic E-state index is 0.786. The monoisotopic (exact) mass is 740 g/mol. The number of hydrogen-bond acceptors (Lipinski definition) is 2. The molecule has 13 aromatic rings. The predicted octanol–water partition coefficient (Wildman–Crippen LogP) is 15.0. The molecule has 4 nitrogen and oxygen atoms in total. The Hall–Kier alpha value is -7.82. The first-order valence-corrected chi connectivity index (χ1v) is 19.7. The zero-order valence-electron chi connectivity index (χ0n) is 31.2. The van der Waals surface area contributed by atoms with E-state index in [2.05, 4.69) is 185 Å². The molecular weight excluding hydrogens is 709 g/mol. The second-order valence-electron chi connectivity index (χ2n) is 15.3.